The highest BCUT2D eigenvalue weighted by Gasteiger charge is 2.54. The molecule has 0 saturated heterocycles. The fourth-order valence-electron chi connectivity index (χ4n) is 5.54. The van der Waals surface area contributed by atoms with Crippen molar-refractivity contribution >= 4 is 5.78 Å². The van der Waals surface area contributed by atoms with Crippen molar-refractivity contribution < 1.29 is 9.53 Å². The van der Waals surface area contributed by atoms with E-state index >= 15 is 0 Å². The molecule has 0 radical (unpaired) electrons. The number of hydrogen-bond acceptors (Lipinski definition) is 3. The molecule has 120 valence electrons. The maximum absolute atomic E-state index is 12.4. The van der Waals surface area contributed by atoms with Gasteiger partial charge in [-0.25, -0.2) is 0 Å². The molecule has 2 saturated carbocycles. The first kappa shape index (κ1) is 14.8. The summed E-state index contributed by atoms with van der Waals surface area (Å²) in [4.78, 5) is 12.4. The zero-order valence-electron chi connectivity index (χ0n) is 13.7. The van der Waals surface area contributed by atoms with Crippen molar-refractivity contribution in [3.8, 4) is 11.8 Å². The van der Waals surface area contributed by atoms with Gasteiger partial charge < -0.3 is 4.74 Å². The molecule has 4 rings (SSSR count). The van der Waals surface area contributed by atoms with E-state index in [1.165, 1.54) is 17.5 Å². The summed E-state index contributed by atoms with van der Waals surface area (Å²) in [5.74, 6) is 3.16. The second-order valence-corrected chi connectivity index (χ2v) is 7.64. The van der Waals surface area contributed by atoms with Crippen molar-refractivity contribution in [2.75, 3.05) is 6.61 Å². The molecule has 0 N–H and O–H groups in total. The standard InChI is InChI=1S/C20H23NO2/c1-20-9-8-16-15-5-3-14(23-11-10-21)12-13(15)2-4-17(16)18(20)6-7-19(20)22/h3,5,12,16-18H,2,4,6-9,11H2,1H3/t16-,17-,18+,20+/m1/s1. The SMILES string of the molecule is C[C@]12CC[C@@H]3c4ccc(OCC#N)cc4CC[C@H]3[C@@H]1CCC2=O. The molecule has 0 heterocycles. The van der Waals surface area contributed by atoms with E-state index in [9.17, 15) is 4.79 Å². The zero-order valence-corrected chi connectivity index (χ0v) is 13.7. The first-order valence-corrected chi connectivity index (χ1v) is 8.79. The third-order valence-corrected chi connectivity index (χ3v) is 6.71. The molecular formula is C20H23NO2. The van der Waals surface area contributed by atoms with Crippen LogP contribution in [0.3, 0.4) is 0 Å². The predicted octanol–water partition coefficient (Wildman–Crippen LogP) is 4.01. The lowest BCUT2D eigenvalue weighted by molar-refractivity contribution is -0.129. The second-order valence-electron chi connectivity index (χ2n) is 7.64. The summed E-state index contributed by atoms with van der Waals surface area (Å²) in [6.45, 7) is 2.32. The van der Waals surface area contributed by atoms with Crippen LogP contribution in [0.25, 0.3) is 0 Å². The molecule has 0 bridgehead atoms. The van der Waals surface area contributed by atoms with E-state index in [2.05, 4.69) is 19.1 Å². The Hall–Kier alpha value is -1.82. The van der Waals surface area contributed by atoms with Gasteiger partial charge in [0.1, 0.15) is 17.6 Å². The van der Waals surface area contributed by atoms with Gasteiger partial charge in [-0.05, 0) is 73.1 Å². The number of aryl methyl sites for hydroxylation is 1. The zero-order chi connectivity index (χ0) is 16.0. The lowest BCUT2D eigenvalue weighted by Gasteiger charge is -2.48. The summed E-state index contributed by atoms with van der Waals surface area (Å²) in [5.41, 5.74) is 2.80. The molecular weight excluding hydrogens is 286 g/mol. The molecule has 1 aromatic rings. The van der Waals surface area contributed by atoms with Crippen molar-refractivity contribution in [1.82, 2.24) is 0 Å². The summed E-state index contributed by atoms with van der Waals surface area (Å²) in [6, 6.07) is 8.36. The van der Waals surface area contributed by atoms with E-state index in [1.54, 1.807) is 0 Å². The monoisotopic (exact) mass is 309 g/mol. The minimum Gasteiger partial charge on any atom is -0.479 e. The van der Waals surface area contributed by atoms with Crippen LogP contribution in [0, 0.1) is 28.6 Å². The molecule has 3 aliphatic carbocycles. The topological polar surface area (TPSA) is 50.1 Å². The first-order chi connectivity index (χ1) is 11.1. The number of rotatable bonds is 2. The Balaban J connectivity index is 1.62. The molecule has 0 aliphatic heterocycles. The number of Topliss-reactive ketones (excluding diaryl/α,β-unsaturated/α-hetero) is 1. The van der Waals surface area contributed by atoms with Crippen LogP contribution in [0.2, 0.25) is 0 Å². The summed E-state index contributed by atoms with van der Waals surface area (Å²) >= 11 is 0. The Labute approximate surface area is 137 Å². The minimum atomic E-state index is -0.0471. The van der Waals surface area contributed by atoms with Crippen LogP contribution in [0.5, 0.6) is 5.75 Å². The first-order valence-electron chi connectivity index (χ1n) is 8.79. The lowest BCUT2D eigenvalue weighted by atomic mass is 9.55. The van der Waals surface area contributed by atoms with Crippen LogP contribution in [0.15, 0.2) is 18.2 Å². The normalized spacial score (nSPS) is 35.0. The van der Waals surface area contributed by atoms with Crippen molar-refractivity contribution in [2.45, 2.75) is 51.4 Å². The Morgan fingerprint density at radius 1 is 1.30 bits per heavy atom. The van der Waals surface area contributed by atoms with Crippen LogP contribution in [0.1, 0.15) is 56.1 Å². The molecule has 2 fully saturated rings. The molecule has 1 aromatic carbocycles. The highest BCUT2D eigenvalue weighted by molar-refractivity contribution is 5.87. The van der Waals surface area contributed by atoms with E-state index < -0.39 is 0 Å². The number of nitrogens with zero attached hydrogens (tertiary/aromatic N) is 1. The van der Waals surface area contributed by atoms with E-state index in [0.29, 0.717) is 23.5 Å². The fraction of sp³-hybridized carbons (Fsp3) is 0.600. The van der Waals surface area contributed by atoms with E-state index in [1.807, 2.05) is 12.1 Å². The van der Waals surface area contributed by atoms with Gasteiger partial charge in [-0.3, -0.25) is 4.79 Å². The average molecular weight is 309 g/mol. The fourth-order valence-corrected chi connectivity index (χ4v) is 5.54. The van der Waals surface area contributed by atoms with Crippen molar-refractivity contribution in [1.29, 1.82) is 5.26 Å². The number of benzene rings is 1. The van der Waals surface area contributed by atoms with Crippen LogP contribution in [-0.4, -0.2) is 12.4 Å². The van der Waals surface area contributed by atoms with Gasteiger partial charge in [-0.1, -0.05) is 13.0 Å². The highest BCUT2D eigenvalue weighted by Crippen LogP contribution is 2.59. The minimum absolute atomic E-state index is 0.0471. The van der Waals surface area contributed by atoms with E-state index in [-0.39, 0.29) is 12.0 Å². The molecule has 23 heavy (non-hydrogen) atoms. The average Bonchev–Trinajstić information content (AvgIpc) is 2.88. The molecule has 0 unspecified atom stereocenters. The van der Waals surface area contributed by atoms with Gasteiger partial charge >= 0.3 is 0 Å². The molecule has 3 aliphatic rings. The van der Waals surface area contributed by atoms with Gasteiger partial charge in [0.05, 0.1) is 0 Å². The van der Waals surface area contributed by atoms with Gasteiger partial charge in [0.25, 0.3) is 0 Å². The van der Waals surface area contributed by atoms with Crippen LogP contribution >= 0.6 is 0 Å². The van der Waals surface area contributed by atoms with E-state index in [0.717, 1.165) is 37.9 Å². The summed E-state index contributed by atoms with van der Waals surface area (Å²) < 4.78 is 5.45. The number of hydrogen-bond donors (Lipinski definition) is 0. The largest absolute Gasteiger partial charge is 0.479 e. The Morgan fingerprint density at radius 2 is 2.17 bits per heavy atom. The van der Waals surface area contributed by atoms with Crippen LogP contribution in [-0.2, 0) is 11.2 Å². The molecule has 0 amide bonds. The van der Waals surface area contributed by atoms with E-state index in [4.69, 9.17) is 10.00 Å². The van der Waals surface area contributed by atoms with Crippen molar-refractivity contribution in [3.63, 3.8) is 0 Å². The third kappa shape index (κ3) is 2.19. The number of ether oxygens (including phenoxy) is 1. The molecule has 3 heteroatoms. The summed E-state index contributed by atoms with van der Waals surface area (Å²) in [5, 5.41) is 8.65. The predicted molar refractivity (Wildman–Crippen MR) is 87.2 cm³/mol. The summed E-state index contributed by atoms with van der Waals surface area (Å²) in [6.07, 6.45) is 6.32. The Bertz CT molecular complexity index is 689. The van der Waals surface area contributed by atoms with Gasteiger partial charge in [-0.15, -0.1) is 0 Å². The number of nitriles is 1. The maximum atomic E-state index is 12.4. The number of ketones is 1. The van der Waals surface area contributed by atoms with Gasteiger partial charge in [0.15, 0.2) is 6.61 Å². The summed E-state index contributed by atoms with van der Waals surface area (Å²) in [7, 11) is 0. The van der Waals surface area contributed by atoms with Gasteiger partial charge in [-0.2, -0.15) is 5.26 Å². The third-order valence-electron chi connectivity index (χ3n) is 6.71. The van der Waals surface area contributed by atoms with Crippen molar-refractivity contribution in [2.24, 2.45) is 17.3 Å². The van der Waals surface area contributed by atoms with Crippen LogP contribution < -0.4 is 4.74 Å². The quantitative estimate of drug-likeness (QED) is 0.829. The highest BCUT2D eigenvalue weighted by atomic mass is 16.5. The smallest absolute Gasteiger partial charge is 0.174 e. The Kier molecular flexibility index (Phi) is 3.44. The number of carbonyl (C=O) groups is 1. The van der Waals surface area contributed by atoms with Gasteiger partial charge in [0, 0.05) is 11.8 Å². The van der Waals surface area contributed by atoms with Gasteiger partial charge in [0.2, 0.25) is 0 Å². The molecule has 0 spiro atoms. The maximum Gasteiger partial charge on any atom is 0.174 e. The second kappa shape index (κ2) is 5.37. The molecule has 0 aromatic heterocycles. The number of fused-ring (bicyclic) bond motifs is 5. The lowest BCUT2D eigenvalue weighted by Crippen LogP contribution is -2.42. The van der Waals surface area contributed by atoms with Crippen LogP contribution in [0.4, 0.5) is 0 Å². The Morgan fingerprint density at radius 3 is 3.00 bits per heavy atom. The van der Waals surface area contributed by atoms with Crippen molar-refractivity contribution in [3.05, 3.63) is 29.3 Å². The number of carbonyl (C=O) groups excluding carboxylic acids is 1. The molecule has 4 atom stereocenters. The molecule has 3 nitrogen and oxygen atoms in total.